The Morgan fingerprint density at radius 1 is 1.50 bits per heavy atom. The van der Waals surface area contributed by atoms with E-state index in [1.807, 2.05) is 7.11 Å². The van der Waals surface area contributed by atoms with E-state index in [-0.39, 0.29) is 0 Å². The van der Waals surface area contributed by atoms with Crippen molar-refractivity contribution in [3.05, 3.63) is 0 Å². The van der Waals surface area contributed by atoms with Crippen LogP contribution < -0.4 is 0 Å². The smallest absolute Gasteiger partial charge is 0.0530 e. The van der Waals surface area contributed by atoms with E-state index in [4.69, 9.17) is 4.74 Å². The Labute approximate surface area is 90.4 Å². The standard InChI is InChI=1S/C11H19NOS/c1-13-8-11(2-3-11)7-12-5-10-4-9(12)6-14-10/h9-10H,2-8H2,1H3. The van der Waals surface area contributed by atoms with Gasteiger partial charge < -0.3 is 4.74 Å². The lowest BCUT2D eigenvalue weighted by Crippen LogP contribution is -2.39. The Hall–Kier alpha value is 0.270. The third kappa shape index (κ3) is 1.59. The van der Waals surface area contributed by atoms with E-state index in [9.17, 15) is 0 Å². The van der Waals surface area contributed by atoms with E-state index in [0.717, 1.165) is 17.9 Å². The second-order valence-electron chi connectivity index (χ2n) is 5.21. The first kappa shape index (κ1) is 9.49. The van der Waals surface area contributed by atoms with Crippen LogP contribution >= 0.6 is 11.8 Å². The van der Waals surface area contributed by atoms with Gasteiger partial charge >= 0.3 is 0 Å². The van der Waals surface area contributed by atoms with Crippen LogP contribution in [0.5, 0.6) is 0 Å². The van der Waals surface area contributed by atoms with Gasteiger partial charge in [-0.15, -0.1) is 0 Å². The summed E-state index contributed by atoms with van der Waals surface area (Å²) in [7, 11) is 1.84. The quantitative estimate of drug-likeness (QED) is 0.704. The highest BCUT2D eigenvalue weighted by Crippen LogP contribution is 2.49. The molecule has 14 heavy (non-hydrogen) atoms. The van der Waals surface area contributed by atoms with Gasteiger partial charge in [0.1, 0.15) is 0 Å². The van der Waals surface area contributed by atoms with Gasteiger partial charge in [0.2, 0.25) is 0 Å². The lowest BCUT2D eigenvalue weighted by Gasteiger charge is -2.30. The molecular weight excluding hydrogens is 194 g/mol. The van der Waals surface area contributed by atoms with Gasteiger partial charge in [-0.1, -0.05) is 0 Å². The molecule has 2 unspecified atom stereocenters. The van der Waals surface area contributed by atoms with Crippen LogP contribution in [-0.4, -0.2) is 48.8 Å². The molecule has 0 amide bonds. The van der Waals surface area contributed by atoms with Gasteiger partial charge in [-0.25, -0.2) is 0 Å². The van der Waals surface area contributed by atoms with Gasteiger partial charge in [-0.3, -0.25) is 4.90 Å². The number of thioether (sulfide) groups is 1. The lowest BCUT2D eigenvalue weighted by atomic mass is 10.1. The molecule has 3 rings (SSSR count). The summed E-state index contributed by atoms with van der Waals surface area (Å²) in [4.78, 5) is 2.73. The van der Waals surface area contributed by atoms with Gasteiger partial charge in [-0.2, -0.15) is 11.8 Å². The number of methoxy groups -OCH3 is 1. The van der Waals surface area contributed by atoms with E-state index < -0.39 is 0 Å². The molecule has 3 heteroatoms. The predicted octanol–water partition coefficient (Wildman–Crippen LogP) is 1.60. The molecule has 0 spiro atoms. The highest BCUT2D eigenvalue weighted by molar-refractivity contribution is 8.00. The summed E-state index contributed by atoms with van der Waals surface area (Å²) in [5.41, 5.74) is 0.559. The Kier molecular flexibility index (Phi) is 2.30. The SMILES string of the molecule is COCC1(CN2CC3CC2CS3)CC1. The molecule has 2 nitrogen and oxygen atoms in total. The minimum absolute atomic E-state index is 0.559. The second-order valence-corrected chi connectivity index (χ2v) is 6.54. The molecule has 2 saturated heterocycles. The highest BCUT2D eigenvalue weighted by atomic mass is 32.2. The van der Waals surface area contributed by atoms with Gasteiger partial charge in [0.05, 0.1) is 6.61 Å². The largest absolute Gasteiger partial charge is 0.384 e. The average Bonchev–Trinajstić information content (AvgIpc) is 2.63. The van der Waals surface area contributed by atoms with E-state index >= 15 is 0 Å². The Balaban J connectivity index is 1.58. The van der Waals surface area contributed by atoms with Gasteiger partial charge in [-0.05, 0) is 19.3 Å². The Morgan fingerprint density at radius 3 is 2.86 bits per heavy atom. The first-order valence-corrected chi connectivity index (χ1v) is 6.71. The Bertz CT molecular complexity index is 229. The number of hydrogen-bond donors (Lipinski definition) is 0. The van der Waals surface area contributed by atoms with Crippen LogP contribution in [0.1, 0.15) is 19.3 Å². The molecule has 0 aromatic heterocycles. The molecule has 3 fully saturated rings. The summed E-state index contributed by atoms with van der Waals surface area (Å²) in [6.45, 7) is 3.64. The molecule has 80 valence electrons. The molecule has 1 saturated carbocycles. The van der Waals surface area contributed by atoms with Crippen molar-refractivity contribution < 1.29 is 4.74 Å². The van der Waals surface area contributed by atoms with Crippen LogP contribution in [0.3, 0.4) is 0 Å². The lowest BCUT2D eigenvalue weighted by molar-refractivity contribution is 0.106. The maximum absolute atomic E-state index is 5.33. The van der Waals surface area contributed by atoms with Crippen molar-refractivity contribution in [2.75, 3.05) is 32.6 Å². The molecule has 2 bridgehead atoms. The van der Waals surface area contributed by atoms with Crippen molar-refractivity contribution in [1.29, 1.82) is 0 Å². The molecule has 2 atom stereocenters. The predicted molar refractivity (Wildman–Crippen MR) is 59.8 cm³/mol. The van der Waals surface area contributed by atoms with Crippen LogP contribution in [0.25, 0.3) is 0 Å². The van der Waals surface area contributed by atoms with Crippen LogP contribution in [0.15, 0.2) is 0 Å². The number of likely N-dealkylation sites (tertiary alicyclic amines) is 1. The first-order valence-electron chi connectivity index (χ1n) is 5.66. The maximum Gasteiger partial charge on any atom is 0.0530 e. The molecule has 1 aliphatic carbocycles. The molecule has 0 N–H and O–H groups in total. The average molecular weight is 213 g/mol. The summed E-state index contributed by atoms with van der Waals surface area (Å²) in [5.74, 6) is 1.38. The summed E-state index contributed by atoms with van der Waals surface area (Å²) in [6, 6.07) is 0.902. The number of nitrogens with zero attached hydrogens (tertiary/aromatic N) is 1. The maximum atomic E-state index is 5.33. The third-order valence-electron chi connectivity index (χ3n) is 3.96. The fourth-order valence-corrected chi connectivity index (χ4v) is 4.43. The summed E-state index contributed by atoms with van der Waals surface area (Å²) >= 11 is 2.18. The number of ether oxygens (including phenoxy) is 1. The van der Waals surface area contributed by atoms with E-state index in [1.54, 1.807) is 0 Å². The van der Waals surface area contributed by atoms with Crippen LogP contribution in [0.2, 0.25) is 0 Å². The Morgan fingerprint density at radius 2 is 2.36 bits per heavy atom. The zero-order valence-corrected chi connectivity index (χ0v) is 9.68. The molecule has 0 radical (unpaired) electrons. The second kappa shape index (κ2) is 3.39. The van der Waals surface area contributed by atoms with Crippen molar-refractivity contribution in [2.45, 2.75) is 30.6 Å². The zero-order valence-electron chi connectivity index (χ0n) is 8.87. The topological polar surface area (TPSA) is 12.5 Å². The van der Waals surface area contributed by atoms with E-state index in [2.05, 4.69) is 16.7 Å². The molecular formula is C11H19NOS. The minimum atomic E-state index is 0.559. The van der Waals surface area contributed by atoms with Crippen molar-refractivity contribution in [3.63, 3.8) is 0 Å². The third-order valence-corrected chi connectivity index (χ3v) is 5.35. The van der Waals surface area contributed by atoms with Crippen LogP contribution in [-0.2, 0) is 4.74 Å². The van der Waals surface area contributed by atoms with Crippen molar-refractivity contribution in [1.82, 2.24) is 4.90 Å². The summed E-state index contributed by atoms with van der Waals surface area (Å²) in [5, 5.41) is 0.957. The van der Waals surface area contributed by atoms with Crippen molar-refractivity contribution in [2.24, 2.45) is 5.41 Å². The van der Waals surface area contributed by atoms with Crippen molar-refractivity contribution >= 4 is 11.8 Å². The normalized spacial score (nSPS) is 39.2. The molecule has 2 aliphatic heterocycles. The highest BCUT2D eigenvalue weighted by Gasteiger charge is 2.48. The van der Waals surface area contributed by atoms with Crippen molar-refractivity contribution in [3.8, 4) is 0 Å². The minimum Gasteiger partial charge on any atom is -0.384 e. The van der Waals surface area contributed by atoms with E-state index in [0.29, 0.717) is 5.41 Å². The molecule has 3 aliphatic rings. The fourth-order valence-electron chi connectivity index (χ4n) is 2.93. The molecule has 2 heterocycles. The summed E-state index contributed by atoms with van der Waals surface area (Å²) < 4.78 is 5.33. The van der Waals surface area contributed by atoms with Gasteiger partial charge in [0.15, 0.2) is 0 Å². The molecule has 0 aromatic carbocycles. The van der Waals surface area contributed by atoms with Crippen LogP contribution in [0, 0.1) is 5.41 Å². The monoisotopic (exact) mass is 213 g/mol. The zero-order chi connectivity index (χ0) is 9.60. The van der Waals surface area contributed by atoms with Gasteiger partial charge in [0.25, 0.3) is 0 Å². The van der Waals surface area contributed by atoms with E-state index in [1.165, 1.54) is 38.1 Å². The number of hydrogen-bond acceptors (Lipinski definition) is 3. The number of fused-ring (bicyclic) bond motifs is 2. The van der Waals surface area contributed by atoms with Crippen LogP contribution in [0.4, 0.5) is 0 Å². The summed E-state index contributed by atoms with van der Waals surface area (Å²) in [6.07, 6.45) is 4.23. The molecule has 0 aromatic rings. The number of rotatable bonds is 4. The fraction of sp³-hybridized carbons (Fsp3) is 1.00. The van der Waals surface area contributed by atoms with Gasteiger partial charge in [0, 0.05) is 42.7 Å². The first-order chi connectivity index (χ1) is 6.81.